The number of anilines is 3. The molecule has 272 valence electrons. The smallest absolute Gasteiger partial charge is 0.143 e. The lowest BCUT2D eigenvalue weighted by Gasteiger charge is -2.28. The molecule has 0 unspecified atom stereocenters. The molecule has 0 radical (unpaired) electrons. The number of furan rings is 1. The SMILES string of the molecule is c1ccc(-c2ccc(-c3ccc(N(c4ccc(-c5ccc6ccccc6c5)cc4)c4ccccc4-c4cccc5c4oc4c6ccccc6ccc54)cc3)cc2)cc1. The highest BCUT2D eigenvalue weighted by atomic mass is 16.3. The van der Waals surface area contributed by atoms with Gasteiger partial charge in [-0.3, -0.25) is 0 Å². The Balaban J connectivity index is 1.04. The van der Waals surface area contributed by atoms with Gasteiger partial charge in [0.1, 0.15) is 11.2 Å². The molecule has 0 amide bonds. The maximum absolute atomic E-state index is 6.88. The third-order valence-electron chi connectivity index (χ3n) is 11.5. The van der Waals surface area contributed by atoms with Crippen LogP contribution in [0.2, 0.25) is 0 Å². The molecule has 10 aromatic carbocycles. The first-order chi connectivity index (χ1) is 28.7. The van der Waals surface area contributed by atoms with Gasteiger partial charge in [-0.1, -0.05) is 182 Å². The average Bonchev–Trinajstić information content (AvgIpc) is 3.70. The van der Waals surface area contributed by atoms with Gasteiger partial charge in [0.2, 0.25) is 0 Å². The molecular weight excluding hydrogens is 703 g/mol. The normalized spacial score (nSPS) is 11.4. The number of nitrogens with zero attached hydrogens (tertiary/aromatic N) is 1. The van der Waals surface area contributed by atoms with Gasteiger partial charge in [0, 0.05) is 38.7 Å². The summed E-state index contributed by atoms with van der Waals surface area (Å²) in [6.07, 6.45) is 0. The summed E-state index contributed by atoms with van der Waals surface area (Å²) in [7, 11) is 0. The van der Waals surface area contributed by atoms with Gasteiger partial charge in [-0.2, -0.15) is 0 Å². The fourth-order valence-electron chi connectivity index (χ4n) is 8.52. The molecule has 0 spiro atoms. The minimum absolute atomic E-state index is 0.891. The fourth-order valence-corrected chi connectivity index (χ4v) is 8.52. The standard InChI is InChI=1S/C56H37NO/c1-2-11-38(12-3-1)40-21-23-41(24-22-40)42-27-32-47(33-28-42)57(48-34-29-43(30-35-48)46-26-25-39-13-4-5-15-45(39)37-46)54-20-9-8-17-50(54)51-18-10-19-52-53-36-31-44-14-6-7-16-49(44)55(53)58-56(51)52/h1-37H. The van der Waals surface area contributed by atoms with Crippen LogP contribution in [0.4, 0.5) is 17.1 Å². The predicted molar refractivity (Wildman–Crippen MR) is 245 cm³/mol. The van der Waals surface area contributed by atoms with Gasteiger partial charge in [0.05, 0.1) is 5.69 Å². The molecule has 0 saturated heterocycles. The van der Waals surface area contributed by atoms with Gasteiger partial charge in [0.25, 0.3) is 0 Å². The summed E-state index contributed by atoms with van der Waals surface area (Å²) in [4.78, 5) is 2.37. The van der Waals surface area contributed by atoms with Gasteiger partial charge < -0.3 is 9.32 Å². The first-order valence-electron chi connectivity index (χ1n) is 19.8. The lowest BCUT2D eigenvalue weighted by atomic mass is 9.97. The molecule has 0 aliphatic heterocycles. The van der Waals surface area contributed by atoms with Gasteiger partial charge in [-0.25, -0.2) is 0 Å². The molecule has 11 rings (SSSR count). The van der Waals surface area contributed by atoms with Crippen LogP contribution in [0.3, 0.4) is 0 Å². The molecule has 2 nitrogen and oxygen atoms in total. The Kier molecular flexibility index (Phi) is 8.19. The van der Waals surface area contributed by atoms with Crippen LogP contribution in [-0.2, 0) is 0 Å². The summed E-state index contributed by atoms with van der Waals surface area (Å²) in [6, 6.07) is 80.6. The quantitative estimate of drug-likeness (QED) is 0.162. The Hall–Kier alpha value is -7.68. The summed E-state index contributed by atoms with van der Waals surface area (Å²) in [5, 5.41) is 7.02. The van der Waals surface area contributed by atoms with Crippen LogP contribution in [0.15, 0.2) is 229 Å². The van der Waals surface area contributed by atoms with Crippen LogP contribution >= 0.6 is 0 Å². The Morgan fingerprint density at radius 3 is 1.48 bits per heavy atom. The minimum Gasteiger partial charge on any atom is -0.455 e. The van der Waals surface area contributed by atoms with Crippen molar-refractivity contribution in [3.05, 3.63) is 224 Å². The fraction of sp³-hybridized carbons (Fsp3) is 0. The van der Waals surface area contributed by atoms with E-state index in [4.69, 9.17) is 4.42 Å². The van der Waals surface area contributed by atoms with E-state index in [9.17, 15) is 0 Å². The second kappa shape index (κ2) is 14.1. The molecule has 0 aliphatic rings. The molecular formula is C56H37NO. The first kappa shape index (κ1) is 33.6. The van der Waals surface area contributed by atoms with E-state index >= 15 is 0 Å². The van der Waals surface area contributed by atoms with Crippen molar-refractivity contribution in [1.82, 2.24) is 0 Å². The summed E-state index contributed by atoms with van der Waals surface area (Å²) in [6.45, 7) is 0. The minimum atomic E-state index is 0.891. The molecule has 0 fully saturated rings. The van der Waals surface area contributed by atoms with E-state index in [1.807, 2.05) is 0 Å². The van der Waals surface area contributed by atoms with E-state index < -0.39 is 0 Å². The largest absolute Gasteiger partial charge is 0.455 e. The zero-order chi connectivity index (χ0) is 38.4. The van der Waals surface area contributed by atoms with Gasteiger partial charge in [-0.15, -0.1) is 0 Å². The first-order valence-corrected chi connectivity index (χ1v) is 19.8. The molecule has 0 saturated carbocycles. The van der Waals surface area contributed by atoms with Crippen molar-refractivity contribution in [3.63, 3.8) is 0 Å². The third kappa shape index (κ3) is 5.91. The summed E-state index contributed by atoms with van der Waals surface area (Å²) in [5.74, 6) is 0. The van der Waals surface area contributed by atoms with E-state index in [1.165, 1.54) is 49.5 Å². The van der Waals surface area contributed by atoms with Crippen molar-refractivity contribution in [2.75, 3.05) is 4.90 Å². The Morgan fingerprint density at radius 2 is 0.759 bits per heavy atom. The van der Waals surface area contributed by atoms with Crippen molar-refractivity contribution in [1.29, 1.82) is 0 Å². The van der Waals surface area contributed by atoms with E-state index in [0.717, 1.165) is 55.5 Å². The van der Waals surface area contributed by atoms with Crippen molar-refractivity contribution >= 4 is 60.5 Å². The summed E-state index contributed by atoms with van der Waals surface area (Å²) < 4.78 is 6.88. The summed E-state index contributed by atoms with van der Waals surface area (Å²) >= 11 is 0. The van der Waals surface area contributed by atoms with Gasteiger partial charge in [0.15, 0.2) is 0 Å². The van der Waals surface area contributed by atoms with Gasteiger partial charge >= 0.3 is 0 Å². The van der Waals surface area contributed by atoms with Crippen molar-refractivity contribution in [2.45, 2.75) is 0 Å². The Labute approximate surface area is 337 Å². The molecule has 11 aromatic rings. The van der Waals surface area contributed by atoms with Crippen molar-refractivity contribution in [2.24, 2.45) is 0 Å². The molecule has 0 atom stereocenters. The van der Waals surface area contributed by atoms with E-state index in [0.29, 0.717) is 0 Å². The number of hydrogen-bond acceptors (Lipinski definition) is 2. The Bertz CT molecular complexity index is 3250. The monoisotopic (exact) mass is 739 g/mol. The Morgan fingerprint density at radius 1 is 0.276 bits per heavy atom. The zero-order valence-corrected chi connectivity index (χ0v) is 31.7. The molecule has 0 aliphatic carbocycles. The second-order valence-electron chi connectivity index (χ2n) is 14.9. The van der Waals surface area contributed by atoms with Crippen LogP contribution in [0.1, 0.15) is 0 Å². The molecule has 2 heteroatoms. The third-order valence-corrected chi connectivity index (χ3v) is 11.5. The van der Waals surface area contributed by atoms with Gasteiger partial charge in [-0.05, 0) is 92.0 Å². The number of fused-ring (bicyclic) bond motifs is 6. The summed E-state index contributed by atoms with van der Waals surface area (Å²) in [5.41, 5.74) is 14.3. The highest BCUT2D eigenvalue weighted by Crippen LogP contribution is 2.45. The van der Waals surface area contributed by atoms with Crippen LogP contribution in [0.25, 0.3) is 88.0 Å². The topological polar surface area (TPSA) is 16.4 Å². The highest BCUT2D eigenvalue weighted by Gasteiger charge is 2.21. The predicted octanol–water partition coefficient (Wildman–Crippen LogP) is 16.0. The molecule has 58 heavy (non-hydrogen) atoms. The zero-order valence-electron chi connectivity index (χ0n) is 31.7. The molecule has 0 bridgehead atoms. The second-order valence-corrected chi connectivity index (χ2v) is 14.9. The van der Waals surface area contributed by atoms with Crippen molar-refractivity contribution < 1.29 is 4.42 Å². The highest BCUT2D eigenvalue weighted by molar-refractivity contribution is 6.17. The number of para-hydroxylation sites is 2. The van der Waals surface area contributed by atoms with E-state index in [1.54, 1.807) is 0 Å². The number of hydrogen-bond donors (Lipinski definition) is 0. The van der Waals surface area contributed by atoms with E-state index in [2.05, 4.69) is 229 Å². The van der Waals surface area contributed by atoms with Crippen LogP contribution < -0.4 is 4.90 Å². The molecule has 0 N–H and O–H groups in total. The van der Waals surface area contributed by atoms with Crippen LogP contribution in [0.5, 0.6) is 0 Å². The number of rotatable bonds is 7. The number of benzene rings is 10. The maximum Gasteiger partial charge on any atom is 0.143 e. The lowest BCUT2D eigenvalue weighted by molar-refractivity contribution is 0.674. The lowest BCUT2D eigenvalue weighted by Crippen LogP contribution is -2.11. The van der Waals surface area contributed by atoms with Crippen LogP contribution in [0, 0.1) is 0 Å². The molecule has 1 heterocycles. The average molecular weight is 740 g/mol. The maximum atomic E-state index is 6.88. The van der Waals surface area contributed by atoms with Crippen molar-refractivity contribution in [3.8, 4) is 44.5 Å². The van der Waals surface area contributed by atoms with Crippen LogP contribution in [-0.4, -0.2) is 0 Å². The molecule has 1 aromatic heterocycles. The van der Waals surface area contributed by atoms with E-state index in [-0.39, 0.29) is 0 Å².